The Bertz CT molecular complexity index is 1170. The fraction of sp³-hybridized carbons (Fsp3) is 0.310. The Kier molecular flexibility index (Phi) is 4.60. The standard InChI is InChI=1S/C29H28O2/c1-2-19-11-14-23(19)22-17-30-26-15-12-20-7-3-5-9-24(20)28(26)29-25-10-6-4-8-21(25)13-16-27(29)31-18-22/h3-10,12-13,15-16,19,22-23H,2,11,14,17-18H2,1H3. The first-order valence-corrected chi connectivity index (χ1v) is 11.6. The van der Waals surface area contributed by atoms with Crippen LogP contribution in [0.4, 0.5) is 0 Å². The van der Waals surface area contributed by atoms with Gasteiger partial charge in [0.15, 0.2) is 0 Å². The Morgan fingerprint density at radius 3 is 1.71 bits per heavy atom. The van der Waals surface area contributed by atoms with Gasteiger partial charge in [-0.25, -0.2) is 0 Å². The third-order valence-electron chi connectivity index (χ3n) is 7.54. The van der Waals surface area contributed by atoms with Crippen molar-refractivity contribution in [2.75, 3.05) is 13.2 Å². The van der Waals surface area contributed by atoms with Crippen LogP contribution in [0, 0.1) is 17.8 Å². The molecule has 2 atom stereocenters. The summed E-state index contributed by atoms with van der Waals surface area (Å²) < 4.78 is 13.2. The van der Waals surface area contributed by atoms with Crippen molar-refractivity contribution >= 4 is 21.5 Å². The minimum atomic E-state index is 0.426. The molecule has 31 heavy (non-hydrogen) atoms. The fourth-order valence-electron chi connectivity index (χ4n) is 5.67. The van der Waals surface area contributed by atoms with E-state index in [-0.39, 0.29) is 0 Å². The molecular weight excluding hydrogens is 380 g/mol. The zero-order valence-electron chi connectivity index (χ0n) is 18.0. The monoisotopic (exact) mass is 408 g/mol. The fourth-order valence-corrected chi connectivity index (χ4v) is 5.67. The molecule has 156 valence electrons. The first-order valence-electron chi connectivity index (χ1n) is 11.6. The number of rotatable bonds is 2. The summed E-state index contributed by atoms with van der Waals surface area (Å²) in [5, 5.41) is 4.89. The molecule has 0 amide bonds. The lowest BCUT2D eigenvalue weighted by molar-refractivity contribution is 0.0382. The van der Waals surface area contributed by atoms with Gasteiger partial charge in [-0.05, 0) is 58.4 Å². The Balaban J connectivity index is 1.58. The molecule has 2 nitrogen and oxygen atoms in total. The summed E-state index contributed by atoms with van der Waals surface area (Å²) in [5.74, 6) is 3.88. The number of hydrogen-bond acceptors (Lipinski definition) is 2. The van der Waals surface area contributed by atoms with Crippen molar-refractivity contribution in [3.8, 4) is 22.6 Å². The predicted octanol–water partition coefficient (Wildman–Crippen LogP) is 7.48. The first kappa shape index (κ1) is 18.7. The molecule has 1 fully saturated rings. The van der Waals surface area contributed by atoms with Crippen LogP contribution in [0.15, 0.2) is 72.8 Å². The normalized spacial score (nSPS) is 21.1. The molecule has 6 rings (SSSR count). The van der Waals surface area contributed by atoms with E-state index in [4.69, 9.17) is 9.47 Å². The van der Waals surface area contributed by atoms with Gasteiger partial charge < -0.3 is 9.47 Å². The third kappa shape index (κ3) is 3.08. The van der Waals surface area contributed by atoms with Gasteiger partial charge in [-0.15, -0.1) is 0 Å². The maximum atomic E-state index is 6.60. The molecule has 1 aliphatic carbocycles. The van der Waals surface area contributed by atoms with Crippen LogP contribution in [0.2, 0.25) is 0 Å². The van der Waals surface area contributed by atoms with Gasteiger partial charge in [0.25, 0.3) is 0 Å². The quantitative estimate of drug-likeness (QED) is 0.342. The molecule has 0 bridgehead atoms. The highest BCUT2D eigenvalue weighted by molar-refractivity contribution is 6.09. The van der Waals surface area contributed by atoms with Crippen molar-refractivity contribution in [2.45, 2.75) is 26.2 Å². The summed E-state index contributed by atoms with van der Waals surface area (Å²) in [4.78, 5) is 0. The second kappa shape index (κ2) is 7.60. The van der Waals surface area contributed by atoms with Crippen LogP contribution in [0.1, 0.15) is 26.2 Å². The topological polar surface area (TPSA) is 18.5 Å². The van der Waals surface area contributed by atoms with Gasteiger partial charge in [0, 0.05) is 17.0 Å². The molecule has 2 heteroatoms. The average molecular weight is 409 g/mol. The Labute approximate surface area is 183 Å². The van der Waals surface area contributed by atoms with Crippen molar-refractivity contribution in [2.24, 2.45) is 17.8 Å². The molecule has 0 aromatic heterocycles. The lowest BCUT2D eigenvalue weighted by Crippen LogP contribution is -2.38. The zero-order valence-corrected chi connectivity index (χ0v) is 18.0. The molecule has 1 heterocycles. The van der Waals surface area contributed by atoms with Gasteiger partial charge >= 0.3 is 0 Å². The van der Waals surface area contributed by atoms with Gasteiger partial charge in [-0.2, -0.15) is 0 Å². The van der Waals surface area contributed by atoms with E-state index in [9.17, 15) is 0 Å². The SMILES string of the molecule is CCC1CCC1C1COc2ccc3ccccc3c2-c2c(ccc3ccccc23)OC1. The number of hydrogen-bond donors (Lipinski definition) is 0. The molecule has 4 aromatic carbocycles. The summed E-state index contributed by atoms with van der Waals surface area (Å²) in [5.41, 5.74) is 2.32. The van der Waals surface area contributed by atoms with Crippen molar-refractivity contribution in [3.05, 3.63) is 72.8 Å². The van der Waals surface area contributed by atoms with Gasteiger partial charge in [-0.3, -0.25) is 0 Å². The van der Waals surface area contributed by atoms with Crippen molar-refractivity contribution in [3.63, 3.8) is 0 Å². The summed E-state index contributed by atoms with van der Waals surface area (Å²) in [7, 11) is 0. The zero-order chi connectivity index (χ0) is 20.8. The lowest BCUT2D eigenvalue weighted by Gasteiger charge is -2.41. The Hall–Kier alpha value is -3.00. The highest BCUT2D eigenvalue weighted by Crippen LogP contribution is 2.48. The van der Waals surface area contributed by atoms with Crippen molar-refractivity contribution < 1.29 is 9.47 Å². The average Bonchev–Trinajstić information content (AvgIpc) is 2.87. The van der Waals surface area contributed by atoms with E-state index in [0.717, 1.165) is 41.8 Å². The largest absolute Gasteiger partial charge is 0.492 e. The van der Waals surface area contributed by atoms with Gasteiger partial charge in [0.05, 0.1) is 13.2 Å². The maximum Gasteiger partial charge on any atom is 0.127 e. The Morgan fingerprint density at radius 1 is 0.677 bits per heavy atom. The van der Waals surface area contributed by atoms with E-state index in [1.165, 1.54) is 40.8 Å². The lowest BCUT2D eigenvalue weighted by atomic mass is 9.66. The van der Waals surface area contributed by atoms with Gasteiger partial charge in [0.2, 0.25) is 0 Å². The van der Waals surface area contributed by atoms with E-state index < -0.39 is 0 Å². The molecular formula is C29H28O2. The molecule has 4 aromatic rings. The molecule has 0 spiro atoms. The van der Waals surface area contributed by atoms with Gasteiger partial charge in [-0.1, -0.05) is 74.0 Å². The van der Waals surface area contributed by atoms with E-state index in [1.54, 1.807) is 0 Å². The molecule has 1 aliphatic heterocycles. The van der Waals surface area contributed by atoms with E-state index >= 15 is 0 Å². The summed E-state index contributed by atoms with van der Waals surface area (Å²) in [6, 6.07) is 25.9. The molecule has 0 saturated heterocycles. The predicted molar refractivity (Wildman–Crippen MR) is 128 cm³/mol. The highest BCUT2D eigenvalue weighted by Gasteiger charge is 2.37. The maximum absolute atomic E-state index is 6.60. The highest BCUT2D eigenvalue weighted by atomic mass is 16.5. The van der Waals surface area contributed by atoms with Crippen LogP contribution < -0.4 is 9.47 Å². The number of fused-ring (bicyclic) bond motifs is 7. The van der Waals surface area contributed by atoms with E-state index in [1.807, 2.05) is 0 Å². The van der Waals surface area contributed by atoms with E-state index in [2.05, 4.69) is 79.7 Å². The van der Waals surface area contributed by atoms with Crippen LogP contribution in [0.5, 0.6) is 11.5 Å². The molecule has 0 radical (unpaired) electrons. The van der Waals surface area contributed by atoms with Gasteiger partial charge in [0.1, 0.15) is 11.5 Å². The first-order chi connectivity index (χ1) is 15.3. The molecule has 2 aliphatic rings. The molecule has 2 unspecified atom stereocenters. The van der Waals surface area contributed by atoms with Crippen molar-refractivity contribution in [1.29, 1.82) is 0 Å². The second-order valence-corrected chi connectivity index (χ2v) is 9.11. The summed E-state index contributed by atoms with van der Waals surface area (Å²) in [6.45, 7) is 3.76. The minimum Gasteiger partial charge on any atom is -0.492 e. The van der Waals surface area contributed by atoms with Crippen LogP contribution in [0.3, 0.4) is 0 Å². The van der Waals surface area contributed by atoms with Crippen LogP contribution in [-0.4, -0.2) is 13.2 Å². The second-order valence-electron chi connectivity index (χ2n) is 9.11. The molecule has 0 N–H and O–H groups in total. The summed E-state index contributed by atoms with van der Waals surface area (Å²) in [6.07, 6.45) is 3.90. The minimum absolute atomic E-state index is 0.426. The smallest absolute Gasteiger partial charge is 0.127 e. The van der Waals surface area contributed by atoms with Crippen LogP contribution >= 0.6 is 0 Å². The molecule has 1 saturated carbocycles. The van der Waals surface area contributed by atoms with Crippen molar-refractivity contribution in [1.82, 2.24) is 0 Å². The summed E-state index contributed by atoms with van der Waals surface area (Å²) >= 11 is 0. The number of ether oxygens (including phenoxy) is 2. The van der Waals surface area contributed by atoms with Crippen LogP contribution in [0.25, 0.3) is 32.7 Å². The van der Waals surface area contributed by atoms with Crippen LogP contribution in [-0.2, 0) is 0 Å². The number of benzene rings is 4. The van der Waals surface area contributed by atoms with E-state index in [0.29, 0.717) is 11.8 Å². The third-order valence-corrected chi connectivity index (χ3v) is 7.54. The Morgan fingerprint density at radius 2 is 1.23 bits per heavy atom.